The maximum absolute atomic E-state index is 12.9. The van der Waals surface area contributed by atoms with Crippen LogP contribution in [-0.4, -0.2) is 44.1 Å². The molecule has 3 aromatic rings. The van der Waals surface area contributed by atoms with E-state index in [-0.39, 0.29) is 17.9 Å². The van der Waals surface area contributed by atoms with Crippen LogP contribution < -0.4 is 16.0 Å². The normalized spacial score (nSPS) is 13.8. The van der Waals surface area contributed by atoms with Gasteiger partial charge in [-0.25, -0.2) is 9.31 Å². The number of carbonyl (C=O) groups is 2. The fourth-order valence-electron chi connectivity index (χ4n) is 3.02. The van der Waals surface area contributed by atoms with Crippen molar-refractivity contribution in [2.45, 2.75) is 32.2 Å². The molecule has 3 aromatic heterocycles. The highest BCUT2D eigenvalue weighted by Gasteiger charge is 2.23. The predicted octanol–water partition coefficient (Wildman–Crippen LogP) is 2.21. The summed E-state index contributed by atoms with van der Waals surface area (Å²) in [5, 5.41) is 12.5. The maximum Gasteiger partial charge on any atom is 0.321 e. The van der Waals surface area contributed by atoms with E-state index in [2.05, 4.69) is 31.0 Å². The Balaban J connectivity index is 1.75. The third-order valence-electron chi connectivity index (χ3n) is 4.67. The van der Waals surface area contributed by atoms with Crippen LogP contribution in [0.15, 0.2) is 36.7 Å². The molecule has 1 saturated carbocycles. The van der Waals surface area contributed by atoms with E-state index in [4.69, 9.17) is 0 Å². The molecule has 9 nitrogen and oxygen atoms in total. The molecule has 3 heterocycles. The number of pyridine rings is 2. The Kier molecular flexibility index (Phi) is 4.88. The highest BCUT2D eigenvalue weighted by Crippen LogP contribution is 2.24. The molecule has 3 N–H and O–H groups in total. The standard InChI is InChI=1S/C19H21N7O2/c1-2-21-19(28)24-18-23-16-10-13(12-5-4-8-20-11-12)9-15(26(16)25-18)17(27)22-14-6-3-7-14/h4-5,8-11,14H,2-3,6-7H2,1H3,(H,22,27)(H2,21,24,25,28). The smallest absolute Gasteiger partial charge is 0.321 e. The van der Waals surface area contributed by atoms with Crippen LogP contribution in [0.3, 0.4) is 0 Å². The Labute approximate surface area is 161 Å². The summed E-state index contributed by atoms with van der Waals surface area (Å²) in [6, 6.07) is 7.12. The lowest BCUT2D eigenvalue weighted by molar-refractivity contribution is 0.0909. The zero-order valence-electron chi connectivity index (χ0n) is 15.5. The molecular weight excluding hydrogens is 358 g/mol. The van der Waals surface area contributed by atoms with Crippen molar-refractivity contribution in [3.8, 4) is 11.1 Å². The van der Waals surface area contributed by atoms with Crippen molar-refractivity contribution >= 4 is 23.5 Å². The minimum atomic E-state index is -0.397. The van der Waals surface area contributed by atoms with Crippen LogP contribution in [0.4, 0.5) is 10.7 Å². The number of hydrogen-bond donors (Lipinski definition) is 3. The molecule has 9 heteroatoms. The second-order valence-electron chi connectivity index (χ2n) is 6.66. The van der Waals surface area contributed by atoms with Gasteiger partial charge in [-0.1, -0.05) is 6.07 Å². The molecule has 0 saturated heterocycles. The summed E-state index contributed by atoms with van der Waals surface area (Å²) in [4.78, 5) is 33.2. The lowest BCUT2D eigenvalue weighted by Crippen LogP contribution is -2.40. The molecular formula is C19H21N7O2. The number of fused-ring (bicyclic) bond motifs is 1. The van der Waals surface area contributed by atoms with Gasteiger partial charge in [0.05, 0.1) is 0 Å². The van der Waals surface area contributed by atoms with Gasteiger partial charge in [0.2, 0.25) is 0 Å². The van der Waals surface area contributed by atoms with Gasteiger partial charge in [-0.15, -0.1) is 5.10 Å². The third kappa shape index (κ3) is 3.64. The van der Waals surface area contributed by atoms with Crippen molar-refractivity contribution in [1.29, 1.82) is 0 Å². The molecule has 1 fully saturated rings. The monoisotopic (exact) mass is 379 g/mol. The van der Waals surface area contributed by atoms with Gasteiger partial charge in [0.25, 0.3) is 11.9 Å². The number of urea groups is 1. The third-order valence-corrected chi connectivity index (χ3v) is 4.67. The summed E-state index contributed by atoms with van der Waals surface area (Å²) in [6.07, 6.45) is 6.51. The Morgan fingerprint density at radius 1 is 1.25 bits per heavy atom. The van der Waals surface area contributed by atoms with Gasteiger partial charge in [0, 0.05) is 30.5 Å². The van der Waals surface area contributed by atoms with Crippen LogP contribution in [0.1, 0.15) is 36.7 Å². The average Bonchev–Trinajstić information content (AvgIpc) is 3.06. The van der Waals surface area contributed by atoms with E-state index in [1.54, 1.807) is 18.5 Å². The molecule has 1 aliphatic carbocycles. The number of anilines is 1. The predicted molar refractivity (Wildman–Crippen MR) is 104 cm³/mol. The summed E-state index contributed by atoms with van der Waals surface area (Å²) >= 11 is 0. The number of nitrogens with one attached hydrogen (secondary N) is 3. The molecule has 4 rings (SSSR count). The molecule has 144 valence electrons. The molecule has 0 aromatic carbocycles. The number of nitrogens with zero attached hydrogens (tertiary/aromatic N) is 4. The summed E-state index contributed by atoms with van der Waals surface area (Å²) in [5.74, 6) is -0.0816. The molecule has 28 heavy (non-hydrogen) atoms. The van der Waals surface area contributed by atoms with E-state index in [0.717, 1.165) is 30.4 Å². The van der Waals surface area contributed by atoms with Crippen molar-refractivity contribution in [1.82, 2.24) is 30.2 Å². The Morgan fingerprint density at radius 2 is 2.11 bits per heavy atom. The van der Waals surface area contributed by atoms with E-state index in [1.165, 1.54) is 4.52 Å². The Bertz CT molecular complexity index is 1010. The molecule has 0 atom stereocenters. The van der Waals surface area contributed by atoms with Gasteiger partial charge in [0.1, 0.15) is 5.69 Å². The molecule has 0 radical (unpaired) electrons. The van der Waals surface area contributed by atoms with Gasteiger partial charge >= 0.3 is 6.03 Å². The molecule has 0 bridgehead atoms. The van der Waals surface area contributed by atoms with Crippen LogP contribution in [-0.2, 0) is 0 Å². The fraction of sp³-hybridized carbons (Fsp3) is 0.316. The zero-order valence-corrected chi connectivity index (χ0v) is 15.5. The van der Waals surface area contributed by atoms with Crippen LogP contribution in [0.25, 0.3) is 16.8 Å². The maximum atomic E-state index is 12.9. The van der Waals surface area contributed by atoms with E-state index in [0.29, 0.717) is 17.9 Å². The SMILES string of the molecule is CCNC(=O)Nc1nc2cc(-c3cccnc3)cc(C(=O)NC3CCC3)n2n1. The van der Waals surface area contributed by atoms with Crippen molar-refractivity contribution in [2.24, 2.45) is 0 Å². The fourth-order valence-corrected chi connectivity index (χ4v) is 3.02. The minimum Gasteiger partial charge on any atom is -0.348 e. The van der Waals surface area contributed by atoms with E-state index in [1.807, 2.05) is 25.1 Å². The zero-order chi connectivity index (χ0) is 19.5. The summed E-state index contributed by atoms with van der Waals surface area (Å²) in [6.45, 7) is 2.30. The molecule has 0 spiro atoms. The number of carbonyl (C=O) groups excluding carboxylic acids is 2. The lowest BCUT2D eigenvalue weighted by Gasteiger charge is -2.26. The van der Waals surface area contributed by atoms with Crippen molar-refractivity contribution in [3.05, 3.63) is 42.4 Å². The first-order chi connectivity index (χ1) is 13.6. The lowest BCUT2D eigenvalue weighted by atomic mass is 9.93. The first-order valence-corrected chi connectivity index (χ1v) is 9.31. The number of hydrogen-bond acceptors (Lipinski definition) is 5. The van der Waals surface area contributed by atoms with Gasteiger partial charge in [0.15, 0.2) is 5.65 Å². The Morgan fingerprint density at radius 3 is 2.79 bits per heavy atom. The molecule has 1 aliphatic rings. The highest BCUT2D eigenvalue weighted by molar-refractivity contribution is 5.95. The first-order valence-electron chi connectivity index (χ1n) is 9.31. The quantitative estimate of drug-likeness (QED) is 0.629. The number of aromatic nitrogens is 4. The second kappa shape index (κ2) is 7.63. The topological polar surface area (TPSA) is 113 Å². The van der Waals surface area contributed by atoms with Crippen LogP contribution in [0.2, 0.25) is 0 Å². The average molecular weight is 379 g/mol. The van der Waals surface area contributed by atoms with Crippen LogP contribution in [0.5, 0.6) is 0 Å². The van der Waals surface area contributed by atoms with Gasteiger partial charge in [-0.3, -0.25) is 15.1 Å². The molecule has 0 aliphatic heterocycles. The number of amides is 3. The second-order valence-corrected chi connectivity index (χ2v) is 6.66. The van der Waals surface area contributed by atoms with Gasteiger partial charge < -0.3 is 10.6 Å². The highest BCUT2D eigenvalue weighted by atomic mass is 16.2. The molecule has 0 unspecified atom stereocenters. The van der Waals surface area contributed by atoms with Gasteiger partial charge in [-0.2, -0.15) is 4.98 Å². The summed E-state index contributed by atoms with van der Waals surface area (Å²) in [7, 11) is 0. The minimum absolute atomic E-state index is 0.131. The largest absolute Gasteiger partial charge is 0.348 e. The van der Waals surface area contributed by atoms with Crippen molar-refractivity contribution in [2.75, 3.05) is 11.9 Å². The summed E-state index contributed by atoms with van der Waals surface area (Å²) in [5.41, 5.74) is 2.49. The molecule has 3 amide bonds. The van der Waals surface area contributed by atoms with Crippen LogP contribution >= 0.6 is 0 Å². The Hall–Kier alpha value is -3.49. The van der Waals surface area contributed by atoms with Crippen molar-refractivity contribution in [3.63, 3.8) is 0 Å². The van der Waals surface area contributed by atoms with Crippen molar-refractivity contribution < 1.29 is 9.59 Å². The van der Waals surface area contributed by atoms with E-state index < -0.39 is 6.03 Å². The van der Waals surface area contributed by atoms with E-state index >= 15 is 0 Å². The van der Waals surface area contributed by atoms with Crippen LogP contribution in [0, 0.1) is 0 Å². The number of rotatable bonds is 5. The first kappa shape index (κ1) is 17.9. The van der Waals surface area contributed by atoms with Gasteiger partial charge in [-0.05, 0) is 49.9 Å². The summed E-state index contributed by atoms with van der Waals surface area (Å²) < 4.78 is 1.45. The van der Waals surface area contributed by atoms with E-state index in [9.17, 15) is 9.59 Å².